The predicted octanol–water partition coefficient (Wildman–Crippen LogP) is 3.77. The van der Waals surface area contributed by atoms with Crippen LogP contribution in [0.3, 0.4) is 0 Å². The average Bonchev–Trinajstić information content (AvgIpc) is 2.29. The molecule has 0 aliphatic rings. The number of likely N-dealkylation sites (N-methyl/N-ethyl adjacent to an activating group) is 1. The van der Waals surface area contributed by atoms with Crippen LogP contribution in [0.1, 0.15) is 60.3 Å². The van der Waals surface area contributed by atoms with E-state index < -0.39 is 0 Å². The molecule has 0 saturated carbocycles. The minimum Gasteiger partial charge on any atom is -0.339 e. The van der Waals surface area contributed by atoms with Crippen LogP contribution in [0.2, 0.25) is 0 Å². The molecular weight excluding hydrogens is 198 g/mol. The van der Waals surface area contributed by atoms with Gasteiger partial charge in [-0.3, -0.25) is 4.79 Å². The fourth-order valence-electron chi connectivity index (χ4n) is 1.76. The first kappa shape index (κ1) is 15.2. The molecule has 0 saturated heterocycles. The lowest BCUT2D eigenvalue weighted by Gasteiger charge is -2.20. The molecule has 2 heteroatoms. The Labute approximate surface area is 101 Å². The van der Waals surface area contributed by atoms with Gasteiger partial charge < -0.3 is 4.90 Å². The Morgan fingerprint density at radius 1 is 1.00 bits per heavy atom. The number of amides is 1. The highest BCUT2D eigenvalue weighted by molar-refractivity contribution is 5.93. The SMILES string of the molecule is CCCCC/C(C)=C(\C)C(=O)N(CC)CC. The van der Waals surface area contributed by atoms with E-state index >= 15 is 0 Å². The molecule has 0 aliphatic carbocycles. The summed E-state index contributed by atoms with van der Waals surface area (Å²) in [6.07, 6.45) is 4.75. The van der Waals surface area contributed by atoms with Crippen molar-refractivity contribution < 1.29 is 4.79 Å². The van der Waals surface area contributed by atoms with E-state index in [1.54, 1.807) is 0 Å². The van der Waals surface area contributed by atoms with Gasteiger partial charge in [0.15, 0.2) is 0 Å². The normalized spacial score (nSPS) is 12.3. The van der Waals surface area contributed by atoms with Crippen LogP contribution in [0.5, 0.6) is 0 Å². The molecule has 0 unspecified atom stereocenters. The third-order valence-corrected chi connectivity index (χ3v) is 3.17. The van der Waals surface area contributed by atoms with Crippen molar-refractivity contribution in [2.45, 2.75) is 60.3 Å². The third kappa shape index (κ3) is 4.82. The van der Waals surface area contributed by atoms with Gasteiger partial charge in [-0.05, 0) is 40.5 Å². The number of hydrogen-bond donors (Lipinski definition) is 0. The highest BCUT2D eigenvalue weighted by Crippen LogP contribution is 2.14. The molecule has 0 atom stereocenters. The van der Waals surface area contributed by atoms with Gasteiger partial charge in [-0.25, -0.2) is 0 Å². The number of carbonyl (C=O) groups is 1. The average molecular weight is 225 g/mol. The lowest BCUT2D eigenvalue weighted by atomic mass is 10.0. The van der Waals surface area contributed by atoms with Gasteiger partial charge in [-0.15, -0.1) is 0 Å². The summed E-state index contributed by atoms with van der Waals surface area (Å²) in [4.78, 5) is 13.9. The van der Waals surface area contributed by atoms with Crippen molar-refractivity contribution in [3.8, 4) is 0 Å². The Balaban J connectivity index is 4.42. The lowest BCUT2D eigenvalue weighted by molar-refractivity contribution is -0.126. The summed E-state index contributed by atoms with van der Waals surface area (Å²) in [6, 6.07) is 0. The van der Waals surface area contributed by atoms with Crippen molar-refractivity contribution in [3.05, 3.63) is 11.1 Å². The van der Waals surface area contributed by atoms with Crippen LogP contribution in [-0.4, -0.2) is 23.9 Å². The number of nitrogens with zero attached hydrogens (tertiary/aromatic N) is 1. The number of allylic oxidation sites excluding steroid dienone is 1. The fraction of sp³-hybridized carbons (Fsp3) is 0.786. The maximum atomic E-state index is 12.0. The summed E-state index contributed by atoms with van der Waals surface area (Å²) in [7, 11) is 0. The quantitative estimate of drug-likeness (QED) is 0.477. The van der Waals surface area contributed by atoms with Crippen LogP contribution in [-0.2, 0) is 4.79 Å². The van der Waals surface area contributed by atoms with Gasteiger partial charge in [-0.2, -0.15) is 0 Å². The first-order chi connectivity index (χ1) is 7.58. The lowest BCUT2D eigenvalue weighted by Crippen LogP contribution is -2.31. The van der Waals surface area contributed by atoms with Gasteiger partial charge in [0.2, 0.25) is 5.91 Å². The number of hydrogen-bond acceptors (Lipinski definition) is 1. The Morgan fingerprint density at radius 2 is 1.56 bits per heavy atom. The van der Waals surface area contributed by atoms with Crippen LogP contribution in [0.4, 0.5) is 0 Å². The Morgan fingerprint density at radius 3 is 2.00 bits per heavy atom. The van der Waals surface area contributed by atoms with Crippen molar-refractivity contribution >= 4 is 5.91 Å². The van der Waals surface area contributed by atoms with E-state index in [1.165, 1.54) is 24.8 Å². The van der Waals surface area contributed by atoms with Crippen LogP contribution >= 0.6 is 0 Å². The minimum absolute atomic E-state index is 0.207. The monoisotopic (exact) mass is 225 g/mol. The van der Waals surface area contributed by atoms with Gasteiger partial charge >= 0.3 is 0 Å². The van der Waals surface area contributed by atoms with Crippen molar-refractivity contribution in [2.24, 2.45) is 0 Å². The highest BCUT2D eigenvalue weighted by atomic mass is 16.2. The predicted molar refractivity (Wildman–Crippen MR) is 70.4 cm³/mol. The minimum atomic E-state index is 0.207. The van der Waals surface area contributed by atoms with Gasteiger partial charge in [0, 0.05) is 18.7 Å². The molecule has 0 aromatic rings. The summed E-state index contributed by atoms with van der Waals surface area (Å²) in [6.45, 7) is 11.9. The van der Waals surface area contributed by atoms with Gasteiger partial charge in [-0.1, -0.05) is 25.3 Å². The molecule has 2 nitrogen and oxygen atoms in total. The molecule has 1 amide bonds. The van der Waals surface area contributed by atoms with Crippen LogP contribution in [0.25, 0.3) is 0 Å². The first-order valence-corrected chi connectivity index (χ1v) is 6.54. The summed E-state index contributed by atoms with van der Waals surface area (Å²) in [5.74, 6) is 0.207. The van der Waals surface area contributed by atoms with Crippen LogP contribution < -0.4 is 0 Å². The molecule has 0 aromatic carbocycles. The molecule has 0 aliphatic heterocycles. The van der Waals surface area contributed by atoms with E-state index in [0.29, 0.717) is 0 Å². The zero-order valence-corrected chi connectivity index (χ0v) is 11.6. The van der Waals surface area contributed by atoms with E-state index in [4.69, 9.17) is 0 Å². The van der Waals surface area contributed by atoms with Crippen LogP contribution in [0.15, 0.2) is 11.1 Å². The van der Waals surface area contributed by atoms with Crippen molar-refractivity contribution in [1.82, 2.24) is 4.90 Å². The number of unbranched alkanes of at least 4 members (excludes halogenated alkanes) is 2. The summed E-state index contributed by atoms with van der Waals surface area (Å²) >= 11 is 0. The maximum Gasteiger partial charge on any atom is 0.249 e. The van der Waals surface area contributed by atoms with Crippen molar-refractivity contribution in [1.29, 1.82) is 0 Å². The molecule has 16 heavy (non-hydrogen) atoms. The molecule has 0 radical (unpaired) electrons. The number of carbonyl (C=O) groups excluding carboxylic acids is 1. The summed E-state index contributed by atoms with van der Waals surface area (Å²) in [5.41, 5.74) is 2.20. The van der Waals surface area contributed by atoms with E-state index in [1.807, 2.05) is 25.7 Å². The van der Waals surface area contributed by atoms with E-state index in [2.05, 4.69) is 13.8 Å². The largest absolute Gasteiger partial charge is 0.339 e. The van der Waals surface area contributed by atoms with E-state index in [9.17, 15) is 4.79 Å². The van der Waals surface area contributed by atoms with E-state index in [-0.39, 0.29) is 5.91 Å². The third-order valence-electron chi connectivity index (χ3n) is 3.17. The molecule has 0 rings (SSSR count). The zero-order chi connectivity index (χ0) is 12.6. The number of rotatable bonds is 7. The maximum absolute atomic E-state index is 12.0. The molecule has 94 valence electrons. The molecule has 0 spiro atoms. The van der Waals surface area contributed by atoms with Crippen molar-refractivity contribution in [3.63, 3.8) is 0 Å². The molecule has 0 aromatic heterocycles. The topological polar surface area (TPSA) is 20.3 Å². The van der Waals surface area contributed by atoms with Gasteiger partial charge in [0.1, 0.15) is 0 Å². The van der Waals surface area contributed by atoms with Gasteiger partial charge in [0.05, 0.1) is 0 Å². The molecule has 0 bridgehead atoms. The van der Waals surface area contributed by atoms with Crippen molar-refractivity contribution in [2.75, 3.05) is 13.1 Å². The summed E-state index contributed by atoms with van der Waals surface area (Å²) in [5, 5.41) is 0. The van der Waals surface area contributed by atoms with E-state index in [0.717, 1.165) is 25.1 Å². The molecular formula is C14H27NO. The Hall–Kier alpha value is -0.790. The highest BCUT2D eigenvalue weighted by Gasteiger charge is 2.13. The zero-order valence-electron chi connectivity index (χ0n) is 11.6. The second-order valence-electron chi connectivity index (χ2n) is 4.34. The first-order valence-electron chi connectivity index (χ1n) is 6.54. The molecule has 0 heterocycles. The Bertz CT molecular complexity index is 239. The van der Waals surface area contributed by atoms with Gasteiger partial charge in [0.25, 0.3) is 0 Å². The molecule has 0 N–H and O–H groups in total. The standard InChI is InChI=1S/C14H27NO/c1-6-9-10-11-12(4)13(5)14(16)15(7-2)8-3/h6-11H2,1-5H3/b13-12+. The second-order valence-corrected chi connectivity index (χ2v) is 4.34. The summed E-state index contributed by atoms with van der Waals surface area (Å²) < 4.78 is 0. The second kappa shape index (κ2) is 8.37. The smallest absolute Gasteiger partial charge is 0.249 e. The Kier molecular flexibility index (Phi) is 7.96. The molecule has 0 fully saturated rings. The van der Waals surface area contributed by atoms with Crippen LogP contribution in [0, 0.1) is 0 Å². The fourth-order valence-corrected chi connectivity index (χ4v) is 1.76.